The lowest BCUT2D eigenvalue weighted by Gasteiger charge is -2.55. The van der Waals surface area contributed by atoms with Gasteiger partial charge in [-0.3, -0.25) is 14.5 Å². The van der Waals surface area contributed by atoms with Crippen LogP contribution in [0.5, 0.6) is 11.6 Å². The van der Waals surface area contributed by atoms with E-state index >= 15 is 14.0 Å². The van der Waals surface area contributed by atoms with E-state index in [1.165, 1.54) is 6.92 Å². The summed E-state index contributed by atoms with van der Waals surface area (Å²) < 4.78 is 46.2. The van der Waals surface area contributed by atoms with Crippen molar-refractivity contribution in [3.05, 3.63) is 43.9 Å². The van der Waals surface area contributed by atoms with Crippen LogP contribution >= 0.6 is 15.9 Å². The molecule has 5 rings (SSSR count). The predicted molar refractivity (Wildman–Crippen MR) is 194 cm³/mol. The summed E-state index contributed by atoms with van der Waals surface area (Å²) in [6, 6.07) is -0.657. The Morgan fingerprint density at radius 3 is 2.35 bits per heavy atom. The number of aromatic nitrogens is 1. The Labute approximate surface area is 308 Å². The molecular formula is C37H50BrFN2O9Si. The standard InChI is InChI=1S/C37H50BrFN2O9Si/c1-13-14-15-46-33-24-30(49-40-33)27(41(9)10)21-17-19-16-20-23(29(25(38)18(2)26(20)39)47-34(45)48-35(3,4)5)28(42)22(19)31(43)37(21,32(24)44)50-51(11,12)36(6,7)8/h19,21,27,42H,13-17H2,1-12H3/t19-,21-,27-,37-/m0/s1. The van der Waals surface area contributed by atoms with Crippen LogP contribution < -0.4 is 9.47 Å². The molecule has 3 aliphatic carbocycles. The van der Waals surface area contributed by atoms with E-state index in [4.69, 9.17) is 23.2 Å². The number of halogens is 2. The first-order valence-corrected chi connectivity index (χ1v) is 21.1. The molecule has 11 nitrogen and oxygen atoms in total. The van der Waals surface area contributed by atoms with E-state index in [1.54, 1.807) is 20.8 Å². The maximum absolute atomic E-state index is 16.2. The molecular weight excluding hydrogens is 743 g/mol. The van der Waals surface area contributed by atoms with Gasteiger partial charge in [0.25, 0.3) is 5.88 Å². The largest absolute Gasteiger partial charge is 0.514 e. The Morgan fingerprint density at radius 2 is 1.78 bits per heavy atom. The van der Waals surface area contributed by atoms with Gasteiger partial charge in [0.1, 0.15) is 22.7 Å². The highest BCUT2D eigenvalue weighted by Gasteiger charge is 2.69. The van der Waals surface area contributed by atoms with E-state index in [2.05, 4.69) is 21.1 Å². The SMILES string of the molecule is CCCCOc1noc2c1C(=O)[C@@]1(O[Si](C)(C)C(C)(C)C)C(=O)C3=C(O)c4c(c(F)c(C)c(Br)c4OC(=O)OC(C)(C)C)C[C@H]3C[C@H]1[C@@H]2N(C)C. The summed E-state index contributed by atoms with van der Waals surface area (Å²) in [7, 11) is 0.702. The second-order valence-electron chi connectivity index (χ2n) is 16.6. The number of carbonyl (C=O) groups excluding carboxylic acids is 3. The van der Waals surface area contributed by atoms with Gasteiger partial charge < -0.3 is 28.3 Å². The Hall–Kier alpha value is -3.07. The second-order valence-corrected chi connectivity index (χ2v) is 22.1. The van der Waals surface area contributed by atoms with Gasteiger partial charge in [0.2, 0.25) is 11.6 Å². The summed E-state index contributed by atoms with van der Waals surface area (Å²) in [6.45, 7) is 18.8. The summed E-state index contributed by atoms with van der Waals surface area (Å²) >= 11 is 3.36. The molecule has 3 aliphatic rings. The van der Waals surface area contributed by atoms with E-state index in [-0.39, 0.29) is 69.1 Å². The molecule has 0 unspecified atom stereocenters. The molecule has 280 valence electrons. The molecule has 0 amide bonds. The number of hydrogen-bond acceptors (Lipinski definition) is 11. The topological polar surface area (TPSA) is 138 Å². The quantitative estimate of drug-likeness (QED) is 0.0904. The van der Waals surface area contributed by atoms with Crippen molar-refractivity contribution in [1.29, 1.82) is 0 Å². The smallest absolute Gasteiger partial charge is 0.507 e. The molecule has 1 fully saturated rings. The first-order chi connectivity index (χ1) is 23.5. The van der Waals surface area contributed by atoms with E-state index < -0.39 is 71.7 Å². The van der Waals surface area contributed by atoms with Crippen LogP contribution in [-0.4, -0.2) is 73.1 Å². The van der Waals surface area contributed by atoms with Gasteiger partial charge >= 0.3 is 6.16 Å². The van der Waals surface area contributed by atoms with Crippen molar-refractivity contribution in [2.75, 3.05) is 20.7 Å². The molecule has 2 aromatic rings. The fraction of sp³-hybridized carbons (Fsp3) is 0.622. The van der Waals surface area contributed by atoms with Crippen molar-refractivity contribution >= 4 is 47.7 Å². The van der Waals surface area contributed by atoms with Gasteiger partial charge in [-0.15, -0.1) is 0 Å². The van der Waals surface area contributed by atoms with Gasteiger partial charge in [0, 0.05) is 22.6 Å². The molecule has 0 spiro atoms. The van der Waals surface area contributed by atoms with E-state index in [9.17, 15) is 9.90 Å². The summed E-state index contributed by atoms with van der Waals surface area (Å²) in [5, 5.41) is 15.9. The third-order valence-electron chi connectivity index (χ3n) is 10.6. The molecule has 0 aliphatic heterocycles. The number of fused-ring (bicyclic) bond motifs is 4. The lowest BCUT2D eigenvalue weighted by Crippen LogP contribution is -2.68. The van der Waals surface area contributed by atoms with Gasteiger partial charge in [-0.25, -0.2) is 9.18 Å². The number of carbonyl (C=O) groups is 3. The maximum Gasteiger partial charge on any atom is 0.514 e. The predicted octanol–water partition coefficient (Wildman–Crippen LogP) is 8.67. The summed E-state index contributed by atoms with van der Waals surface area (Å²) in [4.78, 5) is 45.5. The number of benzene rings is 1. The number of ether oxygens (including phenoxy) is 3. The van der Waals surface area contributed by atoms with Crippen LogP contribution in [0.2, 0.25) is 18.1 Å². The van der Waals surface area contributed by atoms with Gasteiger partial charge in [-0.05, 0) is 106 Å². The molecule has 0 bridgehead atoms. The summed E-state index contributed by atoms with van der Waals surface area (Å²) in [5.41, 5.74) is -2.97. The van der Waals surface area contributed by atoms with Crippen molar-refractivity contribution in [3.63, 3.8) is 0 Å². The second kappa shape index (κ2) is 13.4. The van der Waals surface area contributed by atoms with Crippen LogP contribution in [0.15, 0.2) is 14.6 Å². The number of ketones is 2. The number of nitrogens with zero attached hydrogens (tertiary/aromatic N) is 2. The van der Waals surface area contributed by atoms with Crippen LogP contribution in [0.4, 0.5) is 9.18 Å². The normalized spacial score (nSPS) is 23.5. The zero-order valence-corrected chi connectivity index (χ0v) is 34.2. The van der Waals surface area contributed by atoms with Crippen molar-refractivity contribution < 1.29 is 47.0 Å². The molecule has 0 radical (unpaired) electrons. The number of aliphatic hydroxyl groups is 1. The Balaban J connectivity index is 1.79. The first kappa shape index (κ1) is 39.1. The van der Waals surface area contributed by atoms with E-state index in [1.807, 2.05) is 59.8 Å². The van der Waals surface area contributed by atoms with Crippen LogP contribution in [0, 0.1) is 24.6 Å². The van der Waals surface area contributed by atoms with Crippen LogP contribution in [0.1, 0.15) is 107 Å². The molecule has 1 heterocycles. The van der Waals surface area contributed by atoms with Crippen LogP contribution in [-0.2, 0) is 20.4 Å². The fourth-order valence-corrected chi connectivity index (χ4v) is 9.07. The van der Waals surface area contributed by atoms with Gasteiger partial charge in [-0.2, -0.15) is 0 Å². The van der Waals surface area contributed by atoms with Crippen LogP contribution in [0.25, 0.3) is 5.76 Å². The average molecular weight is 794 g/mol. The number of Topliss-reactive ketones (excluding diaryl/α,β-unsaturated/α-hetero) is 2. The Morgan fingerprint density at radius 1 is 1.14 bits per heavy atom. The average Bonchev–Trinajstić information content (AvgIpc) is 3.41. The van der Waals surface area contributed by atoms with Gasteiger partial charge in [0.15, 0.2) is 25.4 Å². The van der Waals surface area contributed by atoms with Gasteiger partial charge in [-0.1, -0.05) is 34.1 Å². The third kappa shape index (κ3) is 6.48. The minimum atomic E-state index is -2.95. The third-order valence-corrected chi connectivity index (χ3v) is 16.0. The van der Waals surface area contributed by atoms with E-state index in [0.717, 1.165) is 6.42 Å². The summed E-state index contributed by atoms with van der Waals surface area (Å²) in [6.07, 6.45) is 0.633. The Kier molecular flexibility index (Phi) is 10.3. The highest BCUT2D eigenvalue weighted by atomic mass is 79.9. The molecule has 1 N–H and O–H groups in total. The molecule has 0 saturated heterocycles. The van der Waals surface area contributed by atoms with Crippen molar-refractivity contribution in [3.8, 4) is 11.6 Å². The van der Waals surface area contributed by atoms with Crippen molar-refractivity contribution in [2.45, 2.75) is 116 Å². The van der Waals surface area contributed by atoms with E-state index in [0.29, 0.717) is 6.42 Å². The highest BCUT2D eigenvalue weighted by Crippen LogP contribution is 2.59. The lowest BCUT2D eigenvalue weighted by molar-refractivity contribution is -0.140. The van der Waals surface area contributed by atoms with Gasteiger partial charge in [0.05, 0.1) is 22.7 Å². The molecule has 51 heavy (non-hydrogen) atoms. The first-order valence-electron chi connectivity index (χ1n) is 17.4. The molecule has 1 saturated carbocycles. The lowest BCUT2D eigenvalue weighted by atomic mass is 9.57. The fourth-order valence-electron chi connectivity index (χ4n) is 7.17. The van der Waals surface area contributed by atoms with Crippen molar-refractivity contribution in [2.24, 2.45) is 11.8 Å². The minimum Gasteiger partial charge on any atom is -0.507 e. The van der Waals surface area contributed by atoms with Crippen molar-refractivity contribution in [1.82, 2.24) is 10.1 Å². The molecule has 4 atom stereocenters. The summed E-state index contributed by atoms with van der Waals surface area (Å²) in [5.74, 6) is -4.00. The maximum atomic E-state index is 16.2. The molecule has 1 aromatic heterocycles. The van der Waals surface area contributed by atoms with Crippen LogP contribution in [0.3, 0.4) is 0 Å². The monoisotopic (exact) mass is 792 g/mol. The number of aliphatic hydroxyl groups excluding tert-OH is 1. The number of hydrogen-bond donors (Lipinski definition) is 1. The molecule has 1 aromatic carbocycles. The number of rotatable bonds is 8. The number of unbranched alkanes of at least 4 members (excludes halogenated alkanes) is 1. The zero-order chi connectivity index (χ0) is 38.2. The Bertz CT molecular complexity index is 1810. The minimum absolute atomic E-state index is 0.0106. The highest BCUT2D eigenvalue weighted by molar-refractivity contribution is 9.10. The zero-order valence-electron chi connectivity index (χ0n) is 31.6. The molecule has 14 heteroatoms.